The third kappa shape index (κ3) is 19.3. The second kappa shape index (κ2) is 21.2. The SMILES string of the molecule is C1=CCCC[CH-]1.C1=CCCC[CH-]1.C1=CCCC[CH-]1.C1=CCCC[CH-]1.[Ti+4]. The van der Waals surface area contributed by atoms with Crippen LogP contribution in [0.25, 0.3) is 0 Å². The topological polar surface area (TPSA) is 0 Å². The van der Waals surface area contributed by atoms with Crippen molar-refractivity contribution >= 4 is 0 Å². The number of hydrogen-bond donors (Lipinski definition) is 0. The summed E-state index contributed by atoms with van der Waals surface area (Å²) >= 11 is 0. The molecule has 0 bridgehead atoms. The predicted octanol–water partition coefficient (Wildman–Crippen LogP) is 7.72. The van der Waals surface area contributed by atoms with Crippen molar-refractivity contribution in [2.75, 3.05) is 0 Å². The minimum atomic E-state index is 0. The Morgan fingerprint density at radius 2 is 0.640 bits per heavy atom. The standard InChI is InChI=1S/4C6H9.Ti/c4*1-2-4-6-5-3-1;/h4*1-3H,4-6H2;/q4*-1;+4. The Labute approximate surface area is 172 Å². The molecule has 0 aromatic heterocycles. The molecule has 0 aromatic carbocycles. The molecule has 0 saturated carbocycles. The van der Waals surface area contributed by atoms with Gasteiger partial charge in [0.2, 0.25) is 0 Å². The minimum absolute atomic E-state index is 0. The fourth-order valence-corrected chi connectivity index (χ4v) is 2.57. The molecule has 0 fully saturated rings. The van der Waals surface area contributed by atoms with Crippen LogP contribution in [0.3, 0.4) is 0 Å². The van der Waals surface area contributed by atoms with Crippen molar-refractivity contribution in [1.29, 1.82) is 0 Å². The first-order chi connectivity index (χ1) is 12.0. The van der Waals surface area contributed by atoms with Gasteiger partial charge in [-0.25, -0.2) is 74.3 Å². The Hall–Kier alpha value is -0.846. The van der Waals surface area contributed by atoms with Crippen molar-refractivity contribution in [1.82, 2.24) is 0 Å². The molecule has 0 heterocycles. The molecule has 0 aliphatic heterocycles. The molecule has 4 aliphatic carbocycles. The summed E-state index contributed by atoms with van der Waals surface area (Å²) in [5.74, 6) is 0. The molecule has 4 aliphatic rings. The summed E-state index contributed by atoms with van der Waals surface area (Å²) in [4.78, 5) is 0. The van der Waals surface area contributed by atoms with E-state index >= 15 is 0 Å². The van der Waals surface area contributed by atoms with Crippen molar-refractivity contribution in [3.05, 3.63) is 74.3 Å². The van der Waals surface area contributed by atoms with E-state index in [1.165, 1.54) is 77.0 Å². The molecular formula is C24H36Ti. The van der Waals surface area contributed by atoms with Gasteiger partial charge in [-0.2, -0.15) is 0 Å². The van der Waals surface area contributed by atoms with Crippen LogP contribution >= 0.6 is 0 Å². The minimum Gasteiger partial charge on any atom is -0.232 e. The average Bonchev–Trinajstić information content (AvgIpc) is 2.75. The van der Waals surface area contributed by atoms with Gasteiger partial charge >= 0.3 is 21.7 Å². The van der Waals surface area contributed by atoms with Crippen LogP contribution in [-0.2, 0) is 21.7 Å². The summed E-state index contributed by atoms with van der Waals surface area (Å²) in [6.45, 7) is 0. The van der Waals surface area contributed by atoms with Gasteiger partial charge in [-0.05, 0) is 0 Å². The molecule has 136 valence electrons. The van der Waals surface area contributed by atoms with Gasteiger partial charge in [-0.15, -0.1) is 51.4 Å². The number of rotatable bonds is 0. The molecule has 0 saturated heterocycles. The van der Waals surface area contributed by atoms with Gasteiger partial charge in [0.05, 0.1) is 0 Å². The molecule has 0 spiro atoms. The van der Waals surface area contributed by atoms with Gasteiger partial charge in [-0.1, -0.05) is 25.7 Å². The molecule has 0 unspecified atom stereocenters. The van der Waals surface area contributed by atoms with Crippen molar-refractivity contribution in [3.63, 3.8) is 0 Å². The van der Waals surface area contributed by atoms with E-state index < -0.39 is 0 Å². The summed E-state index contributed by atoms with van der Waals surface area (Å²) in [6.07, 6.45) is 42.0. The molecule has 0 aromatic rings. The molecular weight excluding hydrogens is 336 g/mol. The van der Waals surface area contributed by atoms with E-state index in [1.54, 1.807) is 0 Å². The Morgan fingerprint density at radius 1 is 0.400 bits per heavy atom. The first-order valence-corrected chi connectivity index (χ1v) is 9.93. The molecule has 1 heteroatoms. The van der Waals surface area contributed by atoms with Crippen LogP contribution in [0.15, 0.2) is 48.6 Å². The molecule has 0 N–H and O–H groups in total. The Bertz CT molecular complexity index is 258. The zero-order valence-electron chi connectivity index (χ0n) is 15.9. The molecule has 0 radical (unpaired) electrons. The van der Waals surface area contributed by atoms with Gasteiger partial charge in [0.1, 0.15) is 0 Å². The first-order valence-electron chi connectivity index (χ1n) is 9.93. The van der Waals surface area contributed by atoms with Crippen LogP contribution in [0.1, 0.15) is 77.0 Å². The third-order valence-corrected chi connectivity index (χ3v) is 4.05. The van der Waals surface area contributed by atoms with Gasteiger partial charge in [0.15, 0.2) is 0 Å². The van der Waals surface area contributed by atoms with Crippen LogP contribution in [0.5, 0.6) is 0 Å². The summed E-state index contributed by atoms with van der Waals surface area (Å²) in [7, 11) is 0. The summed E-state index contributed by atoms with van der Waals surface area (Å²) in [5.41, 5.74) is 0. The zero-order valence-corrected chi connectivity index (χ0v) is 17.5. The zero-order chi connectivity index (χ0) is 17.0. The average molecular weight is 372 g/mol. The summed E-state index contributed by atoms with van der Waals surface area (Å²) < 4.78 is 0. The van der Waals surface area contributed by atoms with E-state index in [2.05, 4.69) is 74.3 Å². The Kier molecular flexibility index (Phi) is 20.5. The fraction of sp³-hybridized carbons (Fsp3) is 0.500. The van der Waals surface area contributed by atoms with E-state index in [0.29, 0.717) is 0 Å². The molecule has 25 heavy (non-hydrogen) atoms. The number of hydrogen-bond acceptors (Lipinski definition) is 0. The van der Waals surface area contributed by atoms with Crippen LogP contribution in [0.2, 0.25) is 0 Å². The van der Waals surface area contributed by atoms with Crippen LogP contribution < -0.4 is 0 Å². The van der Waals surface area contributed by atoms with Crippen molar-refractivity contribution in [2.45, 2.75) is 77.0 Å². The Morgan fingerprint density at radius 3 is 0.680 bits per heavy atom. The van der Waals surface area contributed by atoms with E-state index in [1.807, 2.05) is 0 Å². The first kappa shape index (κ1) is 24.2. The van der Waals surface area contributed by atoms with Crippen molar-refractivity contribution in [2.24, 2.45) is 0 Å². The van der Waals surface area contributed by atoms with E-state index in [-0.39, 0.29) is 21.7 Å². The number of allylic oxidation sites excluding steroid dienone is 8. The maximum Gasteiger partial charge on any atom is 4.00 e. The fourth-order valence-electron chi connectivity index (χ4n) is 2.57. The summed E-state index contributed by atoms with van der Waals surface area (Å²) in [6, 6.07) is 0. The van der Waals surface area contributed by atoms with E-state index in [4.69, 9.17) is 0 Å². The van der Waals surface area contributed by atoms with Crippen LogP contribution in [0.4, 0.5) is 0 Å². The summed E-state index contributed by atoms with van der Waals surface area (Å²) in [5, 5.41) is 0. The predicted molar refractivity (Wildman–Crippen MR) is 109 cm³/mol. The second-order valence-corrected chi connectivity index (χ2v) is 6.38. The van der Waals surface area contributed by atoms with Gasteiger partial charge in [0.25, 0.3) is 0 Å². The van der Waals surface area contributed by atoms with Gasteiger partial charge in [-0.3, -0.25) is 0 Å². The quantitative estimate of drug-likeness (QED) is 0.302. The van der Waals surface area contributed by atoms with E-state index in [0.717, 1.165) is 0 Å². The smallest absolute Gasteiger partial charge is 0.232 e. The maximum atomic E-state index is 2.21. The van der Waals surface area contributed by atoms with E-state index in [9.17, 15) is 0 Å². The largest absolute Gasteiger partial charge is 4.00 e. The van der Waals surface area contributed by atoms with Crippen molar-refractivity contribution < 1.29 is 21.7 Å². The maximum absolute atomic E-state index is 2.21. The van der Waals surface area contributed by atoms with Gasteiger partial charge < -0.3 is 0 Å². The molecule has 4 rings (SSSR count). The van der Waals surface area contributed by atoms with Crippen LogP contribution in [0, 0.1) is 25.7 Å². The Balaban J connectivity index is 0.000000303. The monoisotopic (exact) mass is 372 g/mol. The molecule has 0 nitrogen and oxygen atoms in total. The molecule has 0 atom stereocenters. The van der Waals surface area contributed by atoms with Gasteiger partial charge in [0, 0.05) is 0 Å². The second-order valence-electron chi connectivity index (χ2n) is 6.38. The third-order valence-electron chi connectivity index (χ3n) is 4.05. The molecule has 0 amide bonds. The normalized spacial score (nSPS) is 19.2. The van der Waals surface area contributed by atoms with Crippen molar-refractivity contribution in [3.8, 4) is 0 Å². The van der Waals surface area contributed by atoms with Crippen LogP contribution in [-0.4, -0.2) is 0 Å².